The number of nitrogens with zero attached hydrogens (tertiary/aromatic N) is 6. The Labute approximate surface area is 146 Å². The Morgan fingerprint density at radius 2 is 1.96 bits per heavy atom. The lowest BCUT2D eigenvalue weighted by Gasteiger charge is -2.16. The standard InChI is InChI=1S/C18H21N7/c1-2-6-16(7-3-1)25-18(21-22-23-25)14-24-11-9-15(13-24)12-20-17-8-4-5-10-19-17/h1-8,10,15H,9,11-14H2,(H,19,20). The summed E-state index contributed by atoms with van der Waals surface area (Å²) in [6.07, 6.45) is 2.99. The van der Waals surface area contributed by atoms with E-state index in [-0.39, 0.29) is 0 Å². The van der Waals surface area contributed by atoms with Gasteiger partial charge in [0.25, 0.3) is 0 Å². The molecule has 3 aromatic rings. The quantitative estimate of drug-likeness (QED) is 0.743. The Kier molecular flexibility index (Phi) is 4.65. The maximum absolute atomic E-state index is 4.31. The van der Waals surface area contributed by atoms with Crippen LogP contribution in [0.1, 0.15) is 12.2 Å². The van der Waals surface area contributed by atoms with Gasteiger partial charge in [0.05, 0.1) is 12.2 Å². The summed E-state index contributed by atoms with van der Waals surface area (Å²) < 4.78 is 1.82. The number of hydrogen-bond donors (Lipinski definition) is 1. The molecule has 1 aliphatic heterocycles. The van der Waals surface area contributed by atoms with Crippen molar-refractivity contribution in [1.29, 1.82) is 0 Å². The first-order valence-electron chi connectivity index (χ1n) is 8.58. The molecule has 1 saturated heterocycles. The zero-order chi connectivity index (χ0) is 16.9. The molecule has 1 atom stereocenters. The van der Waals surface area contributed by atoms with E-state index in [4.69, 9.17) is 0 Å². The lowest BCUT2D eigenvalue weighted by molar-refractivity contribution is 0.307. The number of rotatable bonds is 6. The van der Waals surface area contributed by atoms with E-state index in [0.29, 0.717) is 5.92 Å². The third-order valence-corrected chi connectivity index (χ3v) is 4.51. The molecule has 0 saturated carbocycles. The SMILES string of the molecule is c1ccc(-n2nnnc2CN2CCC(CNc3ccccn3)C2)cc1. The van der Waals surface area contributed by atoms with Crippen LogP contribution in [0.15, 0.2) is 54.7 Å². The van der Waals surface area contributed by atoms with Gasteiger partial charge in [-0.2, -0.15) is 4.68 Å². The van der Waals surface area contributed by atoms with E-state index in [2.05, 4.69) is 30.7 Å². The average Bonchev–Trinajstić information content (AvgIpc) is 3.31. The Morgan fingerprint density at radius 3 is 2.80 bits per heavy atom. The van der Waals surface area contributed by atoms with Crippen molar-refractivity contribution < 1.29 is 0 Å². The second kappa shape index (κ2) is 7.40. The number of likely N-dealkylation sites (tertiary alicyclic amines) is 1. The molecule has 0 spiro atoms. The fourth-order valence-electron chi connectivity index (χ4n) is 3.21. The first-order valence-corrected chi connectivity index (χ1v) is 8.58. The van der Waals surface area contributed by atoms with Crippen LogP contribution in [0, 0.1) is 5.92 Å². The number of hydrogen-bond acceptors (Lipinski definition) is 6. The van der Waals surface area contributed by atoms with E-state index < -0.39 is 0 Å². The van der Waals surface area contributed by atoms with Crippen LogP contribution in [-0.4, -0.2) is 49.7 Å². The molecule has 4 rings (SSSR count). The van der Waals surface area contributed by atoms with Crippen molar-refractivity contribution in [3.63, 3.8) is 0 Å². The summed E-state index contributed by atoms with van der Waals surface area (Å²) in [5.41, 5.74) is 0.995. The van der Waals surface area contributed by atoms with E-state index in [0.717, 1.165) is 43.5 Å². The van der Waals surface area contributed by atoms with Gasteiger partial charge in [-0.25, -0.2) is 4.98 Å². The van der Waals surface area contributed by atoms with Gasteiger partial charge in [0, 0.05) is 19.3 Å². The number of nitrogens with one attached hydrogen (secondary N) is 1. The Morgan fingerprint density at radius 1 is 1.08 bits per heavy atom. The number of pyridine rings is 1. The van der Waals surface area contributed by atoms with E-state index in [1.165, 1.54) is 6.42 Å². The molecule has 25 heavy (non-hydrogen) atoms. The van der Waals surface area contributed by atoms with Gasteiger partial charge in [-0.1, -0.05) is 24.3 Å². The van der Waals surface area contributed by atoms with Gasteiger partial charge < -0.3 is 5.32 Å². The predicted octanol–water partition coefficient (Wildman–Crippen LogP) is 1.99. The third kappa shape index (κ3) is 3.83. The van der Waals surface area contributed by atoms with Gasteiger partial charge in [0.2, 0.25) is 0 Å². The van der Waals surface area contributed by atoms with Crippen LogP contribution >= 0.6 is 0 Å². The van der Waals surface area contributed by atoms with Crippen LogP contribution in [-0.2, 0) is 6.54 Å². The lowest BCUT2D eigenvalue weighted by atomic mass is 10.1. The minimum atomic E-state index is 0.614. The van der Waals surface area contributed by atoms with Crippen molar-refractivity contribution in [2.45, 2.75) is 13.0 Å². The smallest absolute Gasteiger partial charge is 0.170 e. The monoisotopic (exact) mass is 335 g/mol. The van der Waals surface area contributed by atoms with E-state index in [1.54, 1.807) is 0 Å². The van der Waals surface area contributed by atoms with Crippen LogP contribution in [0.4, 0.5) is 5.82 Å². The highest BCUT2D eigenvalue weighted by Crippen LogP contribution is 2.19. The van der Waals surface area contributed by atoms with Crippen LogP contribution in [0.2, 0.25) is 0 Å². The number of tetrazole rings is 1. The Bertz CT molecular complexity index is 787. The van der Waals surface area contributed by atoms with Crippen molar-refractivity contribution in [3.8, 4) is 5.69 Å². The van der Waals surface area contributed by atoms with E-state index >= 15 is 0 Å². The van der Waals surface area contributed by atoms with Gasteiger partial charge in [0.15, 0.2) is 5.82 Å². The fourth-order valence-corrected chi connectivity index (χ4v) is 3.21. The maximum Gasteiger partial charge on any atom is 0.170 e. The predicted molar refractivity (Wildman–Crippen MR) is 95.3 cm³/mol. The molecule has 1 unspecified atom stereocenters. The summed E-state index contributed by atoms with van der Waals surface area (Å²) in [4.78, 5) is 6.72. The summed E-state index contributed by atoms with van der Waals surface area (Å²) in [5.74, 6) is 2.43. The van der Waals surface area contributed by atoms with Gasteiger partial charge in [0.1, 0.15) is 5.82 Å². The van der Waals surface area contributed by atoms with Gasteiger partial charge in [-0.15, -0.1) is 5.10 Å². The van der Waals surface area contributed by atoms with Gasteiger partial charge >= 0.3 is 0 Å². The molecule has 128 valence electrons. The highest BCUT2D eigenvalue weighted by atomic mass is 15.5. The molecule has 1 fully saturated rings. The molecule has 1 N–H and O–H groups in total. The summed E-state index contributed by atoms with van der Waals surface area (Å²) in [5, 5.41) is 15.6. The van der Waals surface area contributed by atoms with Crippen LogP contribution < -0.4 is 5.32 Å². The summed E-state index contributed by atoms with van der Waals surface area (Å²) >= 11 is 0. The zero-order valence-electron chi connectivity index (χ0n) is 14.0. The van der Waals surface area contributed by atoms with Gasteiger partial charge in [-0.05, 0) is 53.6 Å². The molecule has 0 radical (unpaired) electrons. The van der Waals surface area contributed by atoms with Crippen molar-refractivity contribution >= 4 is 5.82 Å². The third-order valence-electron chi connectivity index (χ3n) is 4.51. The van der Waals surface area contributed by atoms with E-state index in [1.807, 2.05) is 59.4 Å². The van der Waals surface area contributed by atoms with E-state index in [9.17, 15) is 0 Å². The Hall–Kier alpha value is -2.80. The van der Waals surface area contributed by atoms with Crippen molar-refractivity contribution in [3.05, 3.63) is 60.6 Å². The molecule has 3 heterocycles. The van der Waals surface area contributed by atoms with Crippen LogP contribution in [0.25, 0.3) is 5.69 Å². The highest BCUT2D eigenvalue weighted by Gasteiger charge is 2.24. The fraction of sp³-hybridized carbons (Fsp3) is 0.333. The number of benzene rings is 1. The normalized spacial score (nSPS) is 17.7. The first kappa shape index (κ1) is 15.7. The van der Waals surface area contributed by atoms with Crippen LogP contribution in [0.3, 0.4) is 0 Å². The highest BCUT2D eigenvalue weighted by molar-refractivity contribution is 5.33. The minimum Gasteiger partial charge on any atom is -0.370 e. The molecule has 2 aromatic heterocycles. The molecule has 0 amide bonds. The second-order valence-corrected chi connectivity index (χ2v) is 6.33. The maximum atomic E-state index is 4.31. The molecule has 7 heteroatoms. The largest absolute Gasteiger partial charge is 0.370 e. The number of anilines is 1. The molecule has 7 nitrogen and oxygen atoms in total. The molecule has 1 aliphatic rings. The summed E-state index contributed by atoms with van der Waals surface area (Å²) in [7, 11) is 0. The first-order chi connectivity index (χ1) is 12.4. The van der Waals surface area contributed by atoms with Crippen molar-refractivity contribution in [1.82, 2.24) is 30.1 Å². The molecule has 0 aliphatic carbocycles. The molecular weight excluding hydrogens is 314 g/mol. The van der Waals surface area contributed by atoms with Crippen molar-refractivity contribution in [2.24, 2.45) is 5.92 Å². The Balaban J connectivity index is 1.34. The molecule has 0 bridgehead atoms. The second-order valence-electron chi connectivity index (χ2n) is 6.33. The summed E-state index contributed by atoms with van der Waals surface area (Å²) in [6, 6.07) is 16.0. The zero-order valence-corrected chi connectivity index (χ0v) is 14.0. The number of para-hydroxylation sites is 1. The lowest BCUT2D eigenvalue weighted by Crippen LogP contribution is -2.24. The minimum absolute atomic E-state index is 0.614. The van der Waals surface area contributed by atoms with Crippen LogP contribution in [0.5, 0.6) is 0 Å². The van der Waals surface area contributed by atoms with Gasteiger partial charge in [-0.3, -0.25) is 4.90 Å². The topological polar surface area (TPSA) is 71.8 Å². The van der Waals surface area contributed by atoms with Crippen molar-refractivity contribution in [2.75, 3.05) is 25.0 Å². The average molecular weight is 335 g/mol. The molecule has 1 aromatic carbocycles. The molecular formula is C18H21N7. The summed E-state index contributed by atoms with van der Waals surface area (Å²) in [6.45, 7) is 3.82. The number of aromatic nitrogens is 5.